The topological polar surface area (TPSA) is 82.1 Å². The number of hydrogen-bond acceptors (Lipinski definition) is 7. The molecule has 0 spiro atoms. The highest BCUT2D eigenvalue weighted by Gasteiger charge is 2.62. The van der Waals surface area contributed by atoms with Gasteiger partial charge in [-0.1, -0.05) is 111 Å². The molecule has 1 N–H and O–H groups in total. The Morgan fingerprint density at radius 3 is 1.84 bits per heavy atom. The Hall–Kier alpha value is -0.200. The van der Waals surface area contributed by atoms with Crippen molar-refractivity contribution in [2.45, 2.75) is 161 Å². The number of thioether (sulfide) groups is 1. The van der Waals surface area contributed by atoms with E-state index in [1.807, 2.05) is 25.6 Å². The minimum absolute atomic E-state index is 0.0597. The fourth-order valence-electron chi connectivity index (χ4n) is 4.21. The van der Waals surface area contributed by atoms with Gasteiger partial charge in [-0.2, -0.15) is 11.8 Å². The number of hydrogen-bond donors (Lipinski definition) is 1. The molecule has 0 aromatic heterocycles. The summed E-state index contributed by atoms with van der Waals surface area (Å²) in [5.41, 5.74) is -2.59. The Bertz CT molecular complexity index is 565. The Labute approximate surface area is 233 Å². The quantitative estimate of drug-likeness (QED) is 0.0460. The number of carbonyl (C=O) groups is 1. The summed E-state index contributed by atoms with van der Waals surface area (Å²) >= 11 is 1.84. The molecule has 0 aliphatic rings. The highest BCUT2D eigenvalue weighted by Crippen LogP contribution is 2.42. The zero-order valence-electron chi connectivity index (χ0n) is 24.6. The van der Waals surface area contributed by atoms with Crippen LogP contribution >= 0.6 is 19.8 Å². The molecular weight excluding hydrogens is 507 g/mol. The fourth-order valence-corrected chi connectivity index (χ4v) is 6.54. The maximum absolute atomic E-state index is 12.7. The summed E-state index contributed by atoms with van der Waals surface area (Å²) in [6, 6.07) is 0. The van der Waals surface area contributed by atoms with E-state index in [4.69, 9.17) is 14.0 Å². The number of ether oxygens (including phenoxy) is 2. The van der Waals surface area contributed by atoms with E-state index in [9.17, 15) is 14.5 Å². The molecule has 0 saturated carbocycles. The Morgan fingerprint density at radius 2 is 1.32 bits per heavy atom. The fraction of sp³-hybridized carbons (Fsp3) is 0.966. The lowest BCUT2D eigenvalue weighted by Gasteiger charge is -2.27. The van der Waals surface area contributed by atoms with Gasteiger partial charge in [-0.25, -0.2) is 4.79 Å². The summed E-state index contributed by atoms with van der Waals surface area (Å²) in [5.74, 6) is -0.0272. The third kappa shape index (κ3) is 17.9. The molecule has 0 saturated heterocycles. The number of aliphatic hydroxyl groups is 1. The van der Waals surface area contributed by atoms with Crippen molar-refractivity contribution in [3.63, 3.8) is 0 Å². The van der Waals surface area contributed by atoms with Crippen molar-refractivity contribution in [1.29, 1.82) is 0 Å². The van der Waals surface area contributed by atoms with Gasteiger partial charge in [0.05, 0.1) is 12.7 Å². The van der Waals surface area contributed by atoms with Crippen molar-refractivity contribution in [2.24, 2.45) is 0 Å². The first-order valence-corrected chi connectivity index (χ1v) is 17.4. The van der Waals surface area contributed by atoms with Gasteiger partial charge in [0, 0.05) is 5.25 Å². The second kappa shape index (κ2) is 24.8. The van der Waals surface area contributed by atoms with Crippen LogP contribution in [0, 0.1) is 0 Å². The highest BCUT2D eigenvalue weighted by atomic mass is 32.2. The Balaban J connectivity index is 4.85. The van der Waals surface area contributed by atoms with Gasteiger partial charge in [-0.05, 0) is 43.4 Å². The van der Waals surface area contributed by atoms with Crippen LogP contribution < -0.4 is 0 Å². The van der Waals surface area contributed by atoms with Gasteiger partial charge in [0.25, 0.3) is 0 Å². The predicted octanol–water partition coefficient (Wildman–Crippen LogP) is 9.15. The molecule has 8 heteroatoms. The van der Waals surface area contributed by atoms with Gasteiger partial charge in [0.15, 0.2) is 0 Å². The number of carbonyl (C=O) groups excluding carboxylic acids is 1. The van der Waals surface area contributed by atoms with E-state index >= 15 is 0 Å². The summed E-state index contributed by atoms with van der Waals surface area (Å²) < 4.78 is 28.8. The van der Waals surface area contributed by atoms with Crippen LogP contribution in [0.4, 0.5) is 0 Å². The van der Waals surface area contributed by atoms with E-state index in [1.54, 1.807) is 6.92 Å². The van der Waals surface area contributed by atoms with Crippen molar-refractivity contribution in [3.05, 3.63) is 0 Å². The van der Waals surface area contributed by atoms with Crippen LogP contribution in [0.5, 0.6) is 0 Å². The molecule has 4 unspecified atom stereocenters. The van der Waals surface area contributed by atoms with E-state index in [0.29, 0.717) is 6.42 Å². The van der Waals surface area contributed by atoms with Crippen LogP contribution in [-0.4, -0.2) is 46.9 Å². The molecule has 0 fully saturated rings. The van der Waals surface area contributed by atoms with Crippen LogP contribution in [-0.2, 0) is 23.4 Å². The smallest absolute Gasteiger partial charge is 0.458 e. The van der Waals surface area contributed by atoms with Crippen molar-refractivity contribution >= 4 is 25.8 Å². The third-order valence-electron chi connectivity index (χ3n) is 6.50. The van der Waals surface area contributed by atoms with Crippen molar-refractivity contribution in [2.75, 3.05) is 19.0 Å². The zero-order chi connectivity index (χ0) is 27.8. The first kappa shape index (κ1) is 36.8. The first-order chi connectivity index (χ1) is 17.9. The average Bonchev–Trinajstić information content (AvgIpc) is 2.88. The minimum atomic E-state index is -2.79. The molecule has 0 radical (unpaired) electrons. The zero-order valence-corrected chi connectivity index (χ0v) is 26.4. The monoisotopic (exact) mass is 565 g/mol. The van der Waals surface area contributed by atoms with E-state index in [-0.39, 0.29) is 18.5 Å². The maximum Gasteiger partial charge on any atom is 0.589 e. The summed E-state index contributed by atoms with van der Waals surface area (Å²) in [6.07, 6.45) is 20.0. The molecule has 220 valence electrons. The van der Waals surface area contributed by atoms with E-state index in [0.717, 1.165) is 31.4 Å². The lowest BCUT2D eigenvalue weighted by molar-refractivity contribution is -0.208. The summed E-state index contributed by atoms with van der Waals surface area (Å²) in [5, 5.41) is 11.1. The number of esters is 1. The minimum Gasteiger partial charge on any atom is -0.458 e. The lowest BCUT2D eigenvalue weighted by Crippen LogP contribution is -2.44. The summed E-state index contributed by atoms with van der Waals surface area (Å²) in [4.78, 5) is 12.6. The third-order valence-corrected chi connectivity index (χ3v) is 9.27. The molecule has 0 aliphatic heterocycles. The molecule has 4 atom stereocenters. The second-order valence-corrected chi connectivity index (χ2v) is 12.8. The molecule has 0 amide bonds. The van der Waals surface area contributed by atoms with Crippen molar-refractivity contribution < 1.29 is 28.5 Å². The molecule has 0 aromatic rings. The normalized spacial score (nSPS) is 15.2. The van der Waals surface area contributed by atoms with E-state index in [1.165, 1.54) is 77.0 Å². The van der Waals surface area contributed by atoms with Crippen LogP contribution in [0.15, 0.2) is 0 Å². The van der Waals surface area contributed by atoms with Gasteiger partial charge in [-0.15, -0.1) is 4.52 Å². The molecule has 6 nitrogen and oxygen atoms in total. The van der Waals surface area contributed by atoms with Gasteiger partial charge in [-0.3, -0.25) is 4.74 Å². The summed E-state index contributed by atoms with van der Waals surface area (Å²) in [7, 11) is -2.79. The van der Waals surface area contributed by atoms with Crippen LogP contribution in [0.3, 0.4) is 0 Å². The largest absolute Gasteiger partial charge is 0.589 e. The van der Waals surface area contributed by atoms with Crippen molar-refractivity contribution in [1.82, 2.24) is 0 Å². The molecule has 0 aliphatic carbocycles. The van der Waals surface area contributed by atoms with Crippen LogP contribution in [0.25, 0.3) is 0 Å². The Morgan fingerprint density at radius 1 is 0.811 bits per heavy atom. The van der Waals surface area contributed by atoms with Gasteiger partial charge in [0.2, 0.25) is 0 Å². The molecule has 0 rings (SSSR count). The van der Waals surface area contributed by atoms with E-state index < -0.39 is 25.6 Å². The Kier molecular flexibility index (Phi) is 24.7. The molecule has 37 heavy (non-hydrogen) atoms. The number of unbranched alkanes of at least 4 members (excludes halogenated alkanes) is 13. The SMILES string of the molecule is CCCCCCCCCCCCSC(CCCCCCC)C(C)OC(O)(C(=O)OCC)[P+](=O)OCCC. The van der Waals surface area contributed by atoms with Gasteiger partial charge in [0.1, 0.15) is 6.61 Å². The maximum atomic E-state index is 12.7. The second-order valence-electron chi connectivity index (χ2n) is 10.0. The summed E-state index contributed by atoms with van der Waals surface area (Å²) in [6.45, 7) is 10.1. The molecule has 0 heterocycles. The van der Waals surface area contributed by atoms with E-state index in [2.05, 4.69) is 13.8 Å². The first-order valence-electron chi connectivity index (χ1n) is 15.2. The van der Waals surface area contributed by atoms with Crippen molar-refractivity contribution in [3.8, 4) is 0 Å². The average molecular weight is 566 g/mol. The lowest BCUT2D eigenvalue weighted by atomic mass is 10.1. The number of rotatable bonds is 27. The standard InChI is InChI=1S/C29H58O6PS/c1-6-10-12-14-15-16-17-18-20-22-25-37-27(23-21-19-13-11-7-2)26(5)35-29(31,28(30)33-9-4)36(32)34-24-8-3/h26-27,31H,6-25H2,1-5H3/q+1. The van der Waals surface area contributed by atoms with Gasteiger partial charge >= 0.3 is 19.5 Å². The molecule has 0 aromatic carbocycles. The molecular formula is C29H58O6PS+. The van der Waals surface area contributed by atoms with Crippen LogP contribution in [0.1, 0.15) is 144 Å². The highest BCUT2D eigenvalue weighted by molar-refractivity contribution is 7.99. The van der Waals surface area contributed by atoms with Gasteiger partial charge < -0.3 is 9.84 Å². The van der Waals surface area contributed by atoms with Crippen LogP contribution in [0.2, 0.25) is 0 Å². The predicted molar refractivity (Wildman–Crippen MR) is 157 cm³/mol. The molecule has 0 bridgehead atoms.